The van der Waals surface area contributed by atoms with Gasteiger partial charge in [0, 0.05) is 45.4 Å². The van der Waals surface area contributed by atoms with Gasteiger partial charge in [0.05, 0.1) is 0 Å². The quantitative estimate of drug-likeness (QED) is 0.365. The molecule has 0 spiro atoms. The third-order valence-corrected chi connectivity index (χ3v) is 4.34. The molecule has 2 N–H and O–H groups in total. The van der Waals surface area contributed by atoms with Gasteiger partial charge in [-0.2, -0.15) is 0 Å². The maximum Gasteiger partial charge on any atom is 0.191 e. The number of rotatable bonds is 10. The minimum atomic E-state index is 0.609. The van der Waals surface area contributed by atoms with E-state index in [0.717, 1.165) is 45.2 Å². The van der Waals surface area contributed by atoms with E-state index < -0.39 is 0 Å². The standard InChI is InChI=1S/C19H40N4O/c1-6-20-19(21-10-8-12-24-15-16(2)3)22-13-18-9-7-11-23(14-18)17(4)5/h16-18H,6-15H2,1-5H3,(H2,20,21,22). The fourth-order valence-electron chi connectivity index (χ4n) is 2.98. The van der Waals surface area contributed by atoms with Crippen LogP contribution in [0.4, 0.5) is 0 Å². The van der Waals surface area contributed by atoms with Gasteiger partial charge in [0.25, 0.3) is 0 Å². The normalized spacial score (nSPS) is 20.0. The van der Waals surface area contributed by atoms with Crippen LogP contribution in [-0.2, 0) is 4.74 Å². The van der Waals surface area contributed by atoms with Gasteiger partial charge in [-0.05, 0) is 58.4 Å². The first-order valence-electron chi connectivity index (χ1n) is 9.86. The minimum Gasteiger partial charge on any atom is -0.381 e. The molecule has 142 valence electrons. The second kappa shape index (κ2) is 12.5. The molecule has 1 heterocycles. The van der Waals surface area contributed by atoms with Crippen molar-refractivity contribution in [1.29, 1.82) is 0 Å². The smallest absolute Gasteiger partial charge is 0.191 e. The molecule has 0 radical (unpaired) electrons. The van der Waals surface area contributed by atoms with Crippen molar-refractivity contribution in [2.24, 2.45) is 16.8 Å². The zero-order chi connectivity index (χ0) is 17.8. The molecular weight excluding hydrogens is 300 g/mol. The lowest BCUT2D eigenvalue weighted by molar-refractivity contribution is 0.108. The predicted octanol–water partition coefficient (Wildman–Crippen LogP) is 2.72. The molecule has 0 aromatic rings. The molecule has 5 nitrogen and oxygen atoms in total. The number of ether oxygens (including phenoxy) is 1. The maximum absolute atomic E-state index is 5.62. The molecule has 0 aromatic heterocycles. The zero-order valence-electron chi connectivity index (χ0n) is 16.6. The number of hydrogen-bond acceptors (Lipinski definition) is 3. The van der Waals surface area contributed by atoms with Crippen molar-refractivity contribution < 1.29 is 4.74 Å². The Labute approximate surface area is 149 Å². The molecule has 0 bridgehead atoms. The first-order chi connectivity index (χ1) is 11.5. The van der Waals surface area contributed by atoms with Gasteiger partial charge in [0.1, 0.15) is 0 Å². The summed E-state index contributed by atoms with van der Waals surface area (Å²) >= 11 is 0. The number of nitrogens with one attached hydrogen (secondary N) is 2. The number of likely N-dealkylation sites (tertiary alicyclic amines) is 1. The van der Waals surface area contributed by atoms with E-state index in [1.54, 1.807) is 0 Å². The van der Waals surface area contributed by atoms with E-state index in [0.29, 0.717) is 17.9 Å². The highest BCUT2D eigenvalue weighted by molar-refractivity contribution is 5.79. The minimum absolute atomic E-state index is 0.609. The van der Waals surface area contributed by atoms with Crippen LogP contribution in [0.15, 0.2) is 4.99 Å². The van der Waals surface area contributed by atoms with Crippen molar-refractivity contribution in [2.75, 3.05) is 45.9 Å². The predicted molar refractivity (Wildman–Crippen MR) is 104 cm³/mol. The number of nitrogens with zero attached hydrogens (tertiary/aromatic N) is 2. The molecular formula is C19H40N4O. The molecule has 1 unspecified atom stereocenters. The summed E-state index contributed by atoms with van der Waals surface area (Å²) in [5, 5.41) is 6.78. The van der Waals surface area contributed by atoms with E-state index in [1.807, 2.05) is 0 Å². The van der Waals surface area contributed by atoms with E-state index in [2.05, 4.69) is 50.2 Å². The third-order valence-electron chi connectivity index (χ3n) is 4.34. The molecule has 1 fully saturated rings. The largest absolute Gasteiger partial charge is 0.381 e. The summed E-state index contributed by atoms with van der Waals surface area (Å²) in [6, 6.07) is 0.647. The first-order valence-corrected chi connectivity index (χ1v) is 9.86. The summed E-state index contributed by atoms with van der Waals surface area (Å²) in [5.74, 6) is 2.24. The lowest BCUT2D eigenvalue weighted by atomic mass is 9.97. The van der Waals surface area contributed by atoms with Crippen molar-refractivity contribution in [3.63, 3.8) is 0 Å². The lowest BCUT2D eigenvalue weighted by Crippen LogP contribution is -2.42. The van der Waals surface area contributed by atoms with Gasteiger partial charge >= 0.3 is 0 Å². The number of guanidine groups is 1. The van der Waals surface area contributed by atoms with Crippen molar-refractivity contribution in [2.45, 2.75) is 59.9 Å². The van der Waals surface area contributed by atoms with Crippen LogP contribution in [-0.4, -0.2) is 62.8 Å². The monoisotopic (exact) mass is 340 g/mol. The van der Waals surface area contributed by atoms with E-state index in [4.69, 9.17) is 9.73 Å². The van der Waals surface area contributed by atoms with E-state index >= 15 is 0 Å². The summed E-state index contributed by atoms with van der Waals surface area (Å²) in [6.07, 6.45) is 3.62. The number of hydrogen-bond donors (Lipinski definition) is 2. The summed E-state index contributed by atoms with van der Waals surface area (Å²) in [5.41, 5.74) is 0. The van der Waals surface area contributed by atoms with E-state index in [1.165, 1.54) is 25.9 Å². The Bertz CT molecular complexity index is 344. The van der Waals surface area contributed by atoms with Crippen LogP contribution in [0.25, 0.3) is 0 Å². The zero-order valence-corrected chi connectivity index (χ0v) is 16.6. The molecule has 24 heavy (non-hydrogen) atoms. The summed E-state index contributed by atoms with van der Waals surface area (Å²) < 4.78 is 5.62. The Morgan fingerprint density at radius 3 is 2.71 bits per heavy atom. The highest BCUT2D eigenvalue weighted by Gasteiger charge is 2.21. The SMILES string of the molecule is CCNC(=NCC1CCCN(C(C)C)C1)NCCCOCC(C)C. The van der Waals surface area contributed by atoms with Crippen LogP contribution < -0.4 is 10.6 Å². The van der Waals surface area contributed by atoms with Crippen LogP contribution in [0.1, 0.15) is 53.9 Å². The average molecular weight is 341 g/mol. The third kappa shape index (κ3) is 9.48. The Balaban J connectivity index is 2.28. The molecule has 1 aliphatic heterocycles. The number of piperidine rings is 1. The van der Waals surface area contributed by atoms with Gasteiger partial charge in [-0.25, -0.2) is 0 Å². The Hall–Kier alpha value is -0.810. The van der Waals surface area contributed by atoms with Gasteiger partial charge in [0.15, 0.2) is 5.96 Å². The highest BCUT2D eigenvalue weighted by atomic mass is 16.5. The van der Waals surface area contributed by atoms with Crippen LogP contribution in [0, 0.1) is 11.8 Å². The fourth-order valence-corrected chi connectivity index (χ4v) is 2.98. The molecule has 1 aliphatic rings. The molecule has 1 saturated heterocycles. The molecule has 0 aromatic carbocycles. The lowest BCUT2D eigenvalue weighted by Gasteiger charge is -2.34. The van der Waals surface area contributed by atoms with Crippen molar-refractivity contribution in [1.82, 2.24) is 15.5 Å². The molecule has 0 saturated carbocycles. The van der Waals surface area contributed by atoms with Crippen molar-refractivity contribution >= 4 is 5.96 Å². The summed E-state index contributed by atoms with van der Waals surface area (Å²) in [6.45, 7) is 17.9. The summed E-state index contributed by atoms with van der Waals surface area (Å²) in [7, 11) is 0. The van der Waals surface area contributed by atoms with Gasteiger partial charge < -0.3 is 20.3 Å². The summed E-state index contributed by atoms with van der Waals surface area (Å²) in [4.78, 5) is 7.38. The van der Waals surface area contributed by atoms with E-state index in [9.17, 15) is 0 Å². The topological polar surface area (TPSA) is 48.9 Å². The molecule has 0 amide bonds. The Morgan fingerprint density at radius 1 is 1.25 bits per heavy atom. The Kier molecular flexibility index (Phi) is 11.1. The van der Waals surface area contributed by atoms with Crippen LogP contribution in [0.2, 0.25) is 0 Å². The van der Waals surface area contributed by atoms with E-state index in [-0.39, 0.29) is 0 Å². The van der Waals surface area contributed by atoms with Gasteiger partial charge in [0.2, 0.25) is 0 Å². The highest BCUT2D eigenvalue weighted by Crippen LogP contribution is 2.18. The van der Waals surface area contributed by atoms with Gasteiger partial charge in [-0.3, -0.25) is 4.99 Å². The second-order valence-electron chi connectivity index (χ2n) is 7.57. The Morgan fingerprint density at radius 2 is 2.04 bits per heavy atom. The average Bonchev–Trinajstić information content (AvgIpc) is 2.55. The maximum atomic E-state index is 5.62. The van der Waals surface area contributed by atoms with Gasteiger partial charge in [-0.15, -0.1) is 0 Å². The van der Waals surface area contributed by atoms with Crippen molar-refractivity contribution in [3.8, 4) is 0 Å². The van der Waals surface area contributed by atoms with Gasteiger partial charge in [-0.1, -0.05) is 13.8 Å². The van der Waals surface area contributed by atoms with Crippen molar-refractivity contribution in [3.05, 3.63) is 0 Å². The molecule has 5 heteroatoms. The van der Waals surface area contributed by atoms with Crippen LogP contribution >= 0.6 is 0 Å². The first kappa shape index (κ1) is 21.2. The fraction of sp³-hybridized carbons (Fsp3) is 0.947. The molecule has 0 aliphatic carbocycles. The second-order valence-corrected chi connectivity index (χ2v) is 7.57. The van der Waals surface area contributed by atoms with Crippen LogP contribution in [0.3, 0.4) is 0 Å². The molecule has 1 rings (SSSR count). The number of aliphatic imine (C=N–C) groups is 1. The molecule has 1 atom stereocenters. The van der Waals surface area contributed by atoms with Crippen LogP contribution in [0.5, 0.6) is 0 Å².